The molecule has 0 atom stereocenters. The van der Waals surface area contributed by atoms with E-state index in [9.17, 15) is 4.79 Å². The topological polar surface area (TPSA) is 45.0 Å². The van der Waals surface area contributed by atoms with Crippen molar-refractivity contribution in [2.75, 3.05) is 5.75 Å². The van der Waals surface area contributed by atoms with E-state index in [0.717, 1.165) is 24.1 Å². The van der Waals surface area contributed by atoms with E-state index < -0.39 is 0 Å². The molecule has 5 heteroatoms. The van der Waals surface area contributed by atoms with E-state index in [1.807, 2.05) is 37.3 Å². The maximum absolute atomic E-state index is 12.1. The van der Waals surface area contributed by atoms with Crippen molar-refractivity contribution in [1.29, 1.82) is 0 Å². The lowest BCUT2D eigenvalue weighted by Crippen LogP contribution is -2.28. The smallest absolute Gasteiger partial charge is 0.239 e. The highest BCUT2D eigenvalue weighted by Crippen LogP contribution is 2.22. The van der Waals surface area contributed by atoms with E-state index >= 15 is 0 Å². The summed E-state index contributed by atoms with van der Waals surface area (Å²) in [6.45, 7) is 4.79. The predicted octanol–water partition coefficient (Wildman–Crippen LogP) is 4.46. The van der Waals surface area contributed by atoms with Crippen LogP contribution >= 0.6 is 11.8 Å². The Labute approximate surface area is 143 Å². The Morgan fingerprint density at radius 1 is 1.22 bits per heavy atom. The average molecular weight is 331 g/mol. The number of carbonyl (C=O) groups excluding carboxylic acids is 1. The molecule has 1 aliphatic heterocycles. The lowest BCUT2D eigenvalue weighted by atomic mass is 10.1. The summed E-state index contributed by atoms with van der Waals surface area (Å²) in [5.74, 6) is 0.560. The SMILES string of the molecule is CCCCCC/C(C)=N/N=C1/SCC(=O)N1Cc1ccccc1. The lowest BCUT2D eigenvalue weighted by molar-refractivity contribution is -0.124. The second-order valence-corrected chi connectivity index (χ2v) is 6.73. The van der Waals surface area contributed by atoms with Gasteiger partial charge in [0, 0.05) is 5.71 Å². The van der Waals surface area contributed by atoms with Gasteiger partial charge in [-0.15, -0.1) is 5.10 Å². The first-order chi connectivity index (χ1) is 11.2. The van der Waals surface area contributed by atoms with Crippen LogP contribution in [-0.2, 0) is 11.3 Å². The zero-order chi connectivity index (χ0) is 16.5. The van der Waals surface area contributed by atoms with Crippen molar-refractivity contribution in [1.82, 2.24) is 4.90 Å². The van der Waals surface area contributed by atoms with Gasteiger partial charge in [0.05, 0.1) is 12.3 Å². The van der Waals surface area contributed by atoms with Crippen LogP contribution < -0.4 is 0 Å². The number of amidine groups is 1. The number of benzene rings is 1. The number of amides is 1. The van der Waals surface area contributed by atoms with Crippen molar-refractivity contribution in [3.05, 3.63) is 35.9 Å². The summed E-state index contributed by atoms with van der Waals surface area (Å²) in [5.41, 5.74) is 2.14. The van der Waals surface area contributed by atoms with Gasteiger partial charge in [0.25, 0.3) is 0 Å². The quantitative estimate of drug-likeness (QED) is 0.401. The van der Waals surface area contributed by atoms with Gasteiger partial charge in [-0.1, -0.05) is 68.3 Å². The monoisotopic (exact) mass is 331 g/mol. The third kappa shape index (κ3) is 5.82. The minimum absolute atomic E-state index is 0.105. The number of carbonyl (C=O) groups is 1. The summed E-state index contributed by atoms with van der Waals surface area (Å²) >= 11 is 1.47. The van der Waals surface area contributed by atoms with Crippen LogP contribution in [0.15, 0.2) is 40.5 Å². The van der Waals surface area contributed by atoms with Gasteiger partial charge >= 0.3 is 0 Å². The molecule has 0 N–H and O–H groups in total. The Morgan fingerprint density at radius 2 is 2.00 bits per heavy atom. The molecule has 0 aromatic heterocycles. The summed E-state index contributed by atoms with van der Waals surface area (Å²) in [5, 5.41) is 9.36. The maximum atomic E-state index is 12.1. The van der Waals surface area contributed by atoms with Crippen molar-refractivity contribution in [3.63, 3.8) is 0 Å². The zero-order valence-corrected chi connectivity index (χ0v) is 14.8. The molecule has 1 aliphatic rings. The molecular weight excluding hydrogens is 306 g/mol. The summed E-state index contributed by atoms with van der Waals surface area (Å²) < 4.78 is 0. The zero-order valence-electron chi connectivity index (χ0n) is 14.0. The Morgan fingerprint density at radius 3 is 2.74 bits per heavy atom. The van der Waals surface area contributed by atoms with E-state index in [4.69, 9.17) is 0 Å². The summed E-state index contributed by atoms with van der Waals surface area (Å²) in [4.78, 5) is 13.8. The fraction of sp³-hybridized carbons (Fsp3) is 0.500. The molecule has 1 amide bonds. The molecule has 0 saturated carbocycles. The molecule has 1 aromatic carbocycles. The van der Waals surface area contributed by atoms with Crippen LogP contribution in [0.5, 0.6) is 0 Å². The highest BCUT2D eigenvalue weighted by molar-refractivity contribution is 8.15. The van der Waals surface area contributed by atoms with Crippen molar-refractivity contribution in [3.8, 4) is 0 Å². The number of thioether (sulfide) groups is 1. The minimum Gasteiger partial charge on any atom is -0.285 e. The summed E-state index contributed by atoms with van der Waals surface area (Å²) in [6.07, 6.45) is 5.90. The van der Waals surface area contributed by atoms with Crippen LogP contribution in [0.2, 0.25) is 0 Å². The van der Waals surface area contributed by atoms with Gasteiger partial charge in [-0.2, -0.15) is 5.10 Å². The Kier molecular flexibility index (Phi) is 7.33. The highest BCUT2D eigenvalue weighted by atomic mass is 32.2. The van der Waals surface area contributed by atoms with Crippen molar-refractivity contribution in [2.24, 2.45) is 10.2 Å². The molecule has 1 saturated heterocycles. The van der Waals surface area contributed by atoms with Crippen LogP contribution in [-0.4, -0.2) is 27.4 Å². The van der Waals surface area contributed by atoms with E-state index in [2.05, 4.69) is 17.1 Å². The molecule has 1 fully saturated rings. The first-order valence-corrected chi connectivity index (χ1v) is 9.27. The summed E-state index contributed by atoms with van der Waals surface area (Å²) in [7, 11) is 0. The standard InChI is InChI=1S/C18H25N3OS/c1-3-4-5-7-10-15(2)19-20-18-21(17(22)14-23-18)13-16-11-8-6-9-12-16/h6,8-9,11-12H,3-5,7,10,13-14H2,1-2H3/b19-15+,20-18+. The normalized spacial score (nSPS) is 17.3. The first kappa shape index (κ1) is 17.7. The molecule has 1 aromatic rings. The van der Waals surface area contributed by atoms with Crippen molar-refractivity contribution >= 4 is 28.5 Å². The van der Waals surface area contributed by atoms with E-state index in [1.165, 1.54) is 31.0 Å². The van der Waals surface area contributed by atoms with Crippen LogP contribution in [0.25, 0.3) is 0 Å². The molecule has 0 aliphatic carbocycles. The molecule has 1 heterocycles. The number of unbranched alkanes of at least 4 members (excludes halogenated alkanes) is 3. The predicted molar refractivity (Wildman–Crippen MR) is 98.8 cm³/mol. The molecule has 124 valence electrons. The van der Waals surface area contributed by atoms with Gasteiger partial charge in [-0.25, -0.2) is 0 Å². The molecular formula is C18H25N3OS. The number of hydrogen-bond acceptors (Lipinski definition) is 4. The van der Waals surface area contributed by atoms with Crippen molar-refractivity contribution < 1.29 is 4.79 Å². The van der Waals surface area contributed by atoms with E-state index in [0.29, 0.717) is 17.5 Å². The molecule has 23 heavy (non-hydrogen) atoms. The van der Waals surface area contributed by atoms with Gasteiger partial charge < -0.3 is 0 Å². The minimum atomic E-state index is 0.105. The number of rotatable bonds is 8. The molecule has 0 bridgehead atoms. The highest BCUT2D eigenvalue weighted by Gasteiger charge is 2.28. The van der Waals surface area contributed by atoms with Crippen LogP contribution in [0.4, 0.5) is 0 Å². The van der Waals surface area contributed by atoms with E-state index in [-0.39, 0.29) is 5.91 Å². The van der Waals surface area contributed by atoms with Gasteiger partial charge in [-0.05, 0) is 25.3 Å². The van der Waals surface area contributed by atoms with Crippen molar-refractivity contribution in [2.45, 2.75) is 52.5 Å². The van der Waals surface area contributed by atoms with Gasteiger partial charge in [0.2, 0.25) is 5.91 Å². The summed E-state index contributed by atoms with van der Waals surface area (Å²) in [6, 6.07) is 9.99. The molecule has 0 radical (unpaired) electrons. The van der Waals surface area contributed by atoms with Gasteiger partial charge in [0.1, 0.15) is 0 Å². The van der Waals surface area contributed by atoms with Crippen LogP contribution in [0, 0.1) is 0 Å². The Hall–Kier alpha value is -1.62. The fourth-order valence-electron chi connectivity index (χ4n) is 2.38. The van der Waals surface area contributed by atoms with Gasteiger partial charge in [0.15, 0.2) is 5.17 Å². The third-order valence-corrected chi connectivity index (χ3v) is 4.69. The van der Waals surface area contributed by atoms with Gasteiger partial charge in [-0.3, -0.25) is 9.69 Å². The number of nitrogens with zero attached hydrogens (tertiary/aromatic N) is 3. The largest absolute Gasteiger partial charge is 0.285 e. The second kappa shape index (κ2) is 9.50. The van der Waals surface area contributed by atoms with E-state index in [1.54, 1.807) is 4.90 Å². The van der Waals surface area contributed by atoms with Crippen LogP contribution in [0.3, 0.4) is 0 Å². The fourth-order valence-corrected chi connectivity index (χ4v) is 3.21. The Balaban J connectivity index is 1.95. The number of hydrogen-bond donors (Lipinski definition) is 0. The third-order valence-electron chi connectivity index (χ3n) is 3.74. The molecule has 4 nitrogen and oxygen atoms in total. The first-order valence-electron chi connectivity index (χ1n) is 8.29. The Bertz CT molecular complexity index is 569. The maximum Gasteiger partial charge on any atom is 0.239 e. The second-order valence-electron chi connectivity index (χ2n) is 5.78. The average Bonchev–Trinajstić information content (AvgIpc) is 2.91. The molecule has 0 unspecified atom stereocenters. The van der Waals surface area contributed by atoms with Crippen LogP contribution in [0.1, 0.15) is 51.5 Å². The molecule has 0 spiro atoms. The molecule has 2 rings (SSSR count). The lowest BCUT2D eigenvalue weighted by Gasteiger charge is -2.15.